The molecule has 1 aliphatic carbocycles. The van der Waals surface area contributed by atoms with E-state index in [0.29, 0.717) is 5.92 Å². The van der Waals surface area contributed by atoms with Gasteiger partial charge in [-0.2, -0.15) is 0 Å². The first kappa shape index (κ1) is 11.9. The fraction of sp³-hybridized carbons (Fsp3) is 0.571. The van der Waals surface area contributed by atoms with E-state index in [4.69, 9.17) is 11.6 Å². The van der Waals surface area contributed by atoms with Crippen LogP contribution in [0.2, 0.25) is 0 Å². The predicted molar refractivity (Wildman–Crippen MR) is 66.6 cm³/mol. The first-order valence-electron chi connectivity index (χ1n) is 6.08. The lowest BCUT2D eigenvalue weighted by atomic mass is 9.88. The Morgan fingerprint density at radius 3 is 2.75 bits per heavy atom. The molecule has 0 heterocycles. The van der Waals surface area contributed by atoms with Gasteiger partial charge in [0.2, 0.25) is 0 Å². The van der Waals surface area contributed by atoms with Crippen LogP contribution < -0.4 is 0 Å². The van der Waals surface area contributed by atoms with E-state index in [1.54, 1.807) is 6.07 Å². The molecule has 0 saturated heterocycles. The molecule has 0 aromatic heterocycles. The van der Waals surface area contributed by atoms with Crippen molar-refractivity contribution in [3.63, 3.8) is 0 Å². The molecule has 0 amide bonds. The molecule has 1 aromatic carbocycles. The van der Waals surface area contributed by atoms with Crippen LogP contribution in [0.25, 0.3) is 0 Å². The number of aryl methyl sites for hydroxylation is 1. The minimum Gasteiger partial charge on any atom is -0.207 e. The number of alkyl halides is 1. The van der Waals surface area contributed by atoms with Gasteiger partial charge in [-0.05, 0) is 43.0 Å². The van der Waals surface area contributed by atoms with Crippen LogP contribution in [0.15, 0.2) is 18.2 Å². The monoisotopic (exact) mass is 240 g/mol. The van der Waals surface area contributed by atoms with Crippen molar-refractivity contribution in [1.82, 2.24) is 0 Å². The molecule has 1 fully saturated rings. The summed E-state index contributed by atoms with van der Waals surface area (Å²) < 4.78 is 13.3. The third-order valence-corrected chi connectivity index (χ3v) is 4.09. The van der Waals surface area contributed by atoms with Crippen LogP contribution in [0.3, 0.4) is 0 Å². The van der Waals surface area contributed by atoms with Gasteiger partial charge in [0.05, 0.1) is 0 Å². The largest absolute Gasteiger partial charge is 0.207 e. The fourth-order valence-electron chi connectivity index (χ4n) is 2.62. The van der Waals surface area contributed by atoms with Crippen molar-refractivity contribution in [3.8, 4) is 0 Å². The zero-order chi connectivity index (χ0) is 11.5. The van der Waals surface area contributed by atoms with Gasteiger partial charge in [0.15, 0.2) is 0 Å². The Balaban J connectivity index is 2.29. The van der Waals surface area contributed by atoms with Gasteiger partial charge in [-0.3, -0.25) is 0 Å². The summed E-state index contributed by atoms with van der Waals surface area (Å²) in [4.78, 5) is 0. The van der Waals surface area contributed by atoms with Crippen molar-refractivity contribution in [3.05, 3.63) is 35.1 Å². The highest BCUT2D eigenvalue weighted by Crippen LogP contribution is 2.36. The molecule has 0 bridgehead atoms. The zero-order valence-electron chi connectivity index (χ0n) is 9.68. The van der Waals surface area contributed by atoms with Crippen LogP contribution in [0.5, 0.6) is 0 Å². The molecule has 0 spiro atoms. The third-order valence-electron chi connectivity index (χ3n) is 3.57. The van der Waals surface area contributed by atoms with Gasteiger partial charge in [-0.25, -0.2) is 4.39 Å². The first-order chi connectivity index (χ1) is 7.68. The van der Waals surface area contributed by atoms with E-state index in [1.165, 1.54) is 30.9 Å². The molecule has 0 aliphatic heterocycles. The van der Waals surface area contributed by atoms with E-state index in [9.17, 15) is 4.39 Å². The molecule has 1 aliphatic rings. The number of hydrogen-bond acceptors (Lipinski definition) is 0. The van der Waals surface area contributed by atoms with Gasteiger partial charge in [-0.1, -0.05) is 25.3 Å². The molecular weight excluding hydrogens is 223 g/mol. The van der Waals surface area contributed by atoms with E-state index in [1.807, 2.05) is 13.0 Å². The first-order valence-corrected chi connectivity index (χ1v) is 6.52. The minimum absolute atomic E-state index is 0.145. The summed E-state index contributed by atoms with van der Waals surface area (Å²) in [7, 11) is 0. The molecule has 0 N–H and O–H groups in total. The van der Waals surface area contributed by atoms with Crippen molar-refractivity contribution in [2.24, 2.45) is 0 Å². The highest BCUT2D eigenvalue weighted by molar-refractivity contribution is 6.21. The SMILES string of the molecule is Cc1ccc(F)cc1C1CCCCCC1Cl. The molecule has 2 rings (SSSR count). The highest BCUT2D eigenvalue weighted by atomic mass is 35.5. The van der Waals surface area contributed by atoms with Gasteiger partial charge in [0.25, 0.3) is 0 Å². The standard InChI is InChI=1S/C14H18ClF/c1-10-7-8-11(16)9-13(10)12-5-3-2-4-6-14(12)15/h7-9,12,14H,2-6H2,1H3. The Bertz CT molecular complexity index is 362. The smallest absolute Gasteiger partial charge is 0.123 e. The average molecular weight is 241 g/mol. The van der Waals surface area contributed by atoms with E-state index in [2.05, 4.69) is 0 Å². The van der Waals surface area contributed by atoms with Crippen LogP contribution in [0, 0.1) is 12.7 Å². The van der Waals surface area contributed by atoms with Crippen LogP contribution in [0.1, 0.15) is 49.1 Å². The number of benzene rings is 1. The fourth-order valence-corrected chi connectivity index (χ4v) is 3.04. The van der Waals surface area contributed by atoms with E-state index < -0.39 is 0 Å². The number of hydrogen-bond donors (Lipinski definition) is 0. The highest BCUT2D eigenvalue weighted by Gasteiger charge is 2.24. The van der Waals surface area contributed by atoms with Crippen molar-refractivity contribution in [2.45, 2.75) is 50.3 Å². The number of rotatable bonds is 1. The second-order valence-corrected chi connectivity index (χ2v) is 5.32. The van der Waals surface area contributed by atoms with Crippen molar-refractivity contribution in [1.29, 1.82) is 0 Å². The Morgan fingerprint density at radius 1 is 1.19 bits per heavy atom. The van der Waals surface area contributed by atoms with Crippen molar-refractivity contribution in [2.75, 3.05) is 0 Å². The van der Waals surface area contributed by atoms with E-state index in [-0.39, 0.29) is 11.2 Å². The average Bonchev–Trinajstić information content (AvgIpc) is 2.47. The summed E-state index contributed by atoms with van der Waals surface area (Å²) in [6, 6.07) is 5.05. The summed E-state index contributed by atoms with van der Waals surface area (Å²) in [5.41, 5.74) is 2.28. The summed E-state index contributed by atoms with van der Waals surface area (Å²) >= 11 is 6.42. The summed E-state index contributed by atoms with van der Waals surface area (Å²) in [6.07, 6.45) is 5.83. The maximum Gasteiger partial charge on any atom is 0.123 e. The van der Waals surface area contributed by atoms with Crippen LogP contribution in [-0.2, 0) is 0 Å². The topological polar surface area (TPSA) is 0 Å². The predicted octanol–water partition coefficient (Wildman–Crippen LogP) is 4.79. The Kier molecular flexibility index (Phi) is 3.86. The maximum atomic E-state index is 13.3. The van der Waals surface area contributed by atoms with Gasteiger partial charge in [0.1, 0.15) is 5.82 Å². The zero-order valence-corrected chi connectivity index (χ0v) is 10.4. The lowest BCUT2D eigenvalue weighted by molar-refractivity contribution is 0.581. The van der Waals surface area contributed by atoms with Gasteiger partial charge < -0.3 is 0 Å². The Labute approximate surface area is 102 Å². The summed E-state index contributed by atoms with van der Waals surface area (Å²) in [5, 5.41) is 0.169. The minimum atomic E-state index is -0.145. The molecular formula is C14H18ClF. The van der Waals surface area contributed by atoms with Crippen molar-refractivity contribution < 1.29 is 4.39 Å². The van der Waals surface area contributed by atoms with Gasteiger partial charge in [-0.15, -0.1) is 11.6 Å². The molecule has 0 radical (unpaired) electrons. The van der Waals surface area contributed by atoms with Crippen LogP contribution >= 0.6 is 11.6 Å². The molecule has 1 saturated carbocycles. The Hall–Kier alpha value is -0.560. The summed E-state index contributed by atoms with van der Waals surface area (Å²) in [6.45, 7) is 2.04. The lowest BCUT2D eigenvalue weighted by Gasteiger charge is -2.22. The maximum absolute atomic E-state index is 13.3. The number of halogens is 2. The molecule has 2 atom stereocenters. The third kappa shape index (κ3) is 2.57. The quantitative estimate of drug-likeness (QED) is 0.489. The molecule has 2 heteroatoms. The van der Waals surface area contributed by atoms with Gasteiger partial charge >= 0.3 is 0 Å². The normalized spacial score (nSPS) is 26.4. The summed E-state index contributed by atoms with van der Waals surface area (Å²) in [5.74, 6) is 0.189. The van der Waals surface area contributed by atoms with Gasteiger partial charge in [0, 0.05) is 11.3 Å². The lowest BCUT2D eigenvalue weighted by Crippen LogP contribution is -2.12. The molecule has 0 nitrogen and oxygen atoms in total. The second kappa shape index (κ2) is 5.18. The molecule has 16 heavy (non-hydrogen) atoms. The second-order valence-electron chi connectivity index (χ2n) is 4.76. The van der Waals surface area contributed by atoms with Crippen molar-refractivity contribution >= 4 is 11.6 Å². The molecule has 88 valence electrons. The van der Waals surface area contributed by atoms with E-state index >= 15 is 0 Å². The molecule has 1 aromatic rings. The van der Waals surface area contributed by atoms with E-state index in [0.717, 1.165) is 18.4 Å². The van der Waals surface area contributed by atoms with Crippen LogP contribution in [0.4, 0.5) is 4.39 Å². The van der Waals surface area contributed by atoms with Crippen LogP contribution in [-0.4, -0.2) is 5.38 Å². The Morgan fingerprint density at radius 2 is 1.94 bits per heavy atom. The molecule has 2 unspecified atom stereocenters.